The average molecular weight is 434 g/mol. The molecule has 2 aromatic carbocycles. The minimum Gasteiger partial charge on any atom is -0.508 e. The molecule has 7 N–H and O–H groups in total. The summed E-state index contributed by atoms with van der Waals surface area (Å²) in [7, 11) is 0. The van der Waals surface area contributed by atoms with Gasteiger partial charge in [-0.2, -0.15) is 0 Å². The molecule has 0 aromatic heterocycles. The molecule has 0 aliphatic carbocycles. The zero-order valence-electron chi connectivity index (χ0n) is 16.1. The first-order chi connectivity index (χ1) is 14.7. The molecule has 2 aliphatic rings. The maximum Gasteiger partial charge on any atom is 0.174 e. The predicted octanol–water partition coefficient (Wildman–Crippen LogP) is 0.0248. The predicted molar refractivity (Wildman–Crippen MR) is 103 cm³/mol. The third-order valence-electron chi connectivity index (χ3n) is 5.63. The van der Waals surface area contributed by atoms with Gasteiger partial charge in [-0.15, -0.1) is 0 Å². The number of fused-ring (bicyclic) bond motifs is 1. The summed E-state index contributed by atoms with van der Waals surface area (Å²) in [4.78, 5) is 12.8. The van der Waals surface area contributed by atoms with Crippen molar-refractivity contribution in [1.29, 1.82) is 0 Å². The Kier molecular flexibility index (Phi) is 5.50. The number of ketones is 1. The van der Waals surface area contributed by atoms with E-state index in [1.807, 2.05) is 0 Å². The molecular formula is C21H22O10. The number of rotatable bonds is 3. The zero-order valence-corrected chi connectivity index (χ0v) is 16.1. The van der Waals surface area contributed by atoms with Crippen molar-refractivity contribution in [2.24, 2.45) is 0 Å². The maximum absolute atomic E-state index is 12.8. The quantitative estimate of drug-likeness (QED) is 0.348. The van der Waals surface area contributed by atoms with E-state index in [-0.39, 0.29) is 29.0 Å². The molecule has 0 bridgehead atoms. The van der Waals surface area contributed by atoms with Gasteiger partial charge in [-0.1, -0.05) is 12.1 Å². The second-order valence-corrected chi connectivity index (χ2v) is 7.61. The molecule has 1 saturated heterocycles. The highest BCUT2D eigenvalue weighted by Crippen LogP contribution is 2.50. The Morgan fingerprint density at radius 2 is 1.61 bits per heavy atom. The molecule has 2 aromatic rings. The lowest BCUT2D eigenvalue weighted by molar-refractivity contribution is -0.232. The standard InChI is InChI=1S/C21H22O10/c22-7-14-17(27)18(28)19(29)21(31-14)16-11(25)5-10(24)15-12(26)6-13(30-20(15)16)8-1-3-9(23)4-2-8/h1-5,13-14,17-19,21-25,27-29H,6-7H2. The van der Waals surface area contributed by atoms with Crippen LogP contribution in [0.25, 0.3) is 0 Å². The van der Waals surface area contributed by atoms with Crippen LogP contribution in [0.2, 0.25) is 0 Å². The van der Waals surface area contributed by atoms with Gasteiger partial charge in [0.05, 0.1) is 18.6 Å². The lowest BCUT2D eigenvalue weighted by Crippen LogP contribution is -2.55. The maximum atomic E-state index is 12.8. The van der Waals surface area contributed by atoms with Gasteiger partial charge < -0.3 is 45.2 Å². The molecule has 0 amide bonds. The van der Waals surface area contributed by atoms with Gasteiger partial charge in [-0.25, -0.2) is 0 Å². The van der Waals surface area contributed by atoms with Crippen molar-refractivity contribution in [3.05, 3.63) is 47.0 Å². The van der Waals surface area contributed by atoms with Crippen molar-refractivity contribution in [2.45, 2.75) is 43.0 Å². The number of aliphatic hydroxyl groups is 4. The molecule has 1 fully saturated rings. The monoisotopic (exact) mass is 434 g/mol. The fraction of sp³-hybridized carbons (Fsp3) is 0.381. The summed E-state index contributed by atoms with van der Waals surface area (Å²) in [6.07, 6.45) is -8.75. The van der Waals surface area contributed by atoms with Crippen LogP contribution in [0.5, 0.6) is 23.0 Å². The molecule has 31 heavy (non-hydrogen) atoms. The number of phenols is 3. The minimum absolute atomic E-state index is 0.0172. The van der Waals surface area contributed by atoms with Gasteiger partial charge in [0.1, 0.15) is 65.2 Å². The van der Waals surface area contributed by atoms with Crippen LogP contribution in [0.4, 0.5) is 0 Å². The molecule has 2 heterocycles. The number of carbonyl (C=O) groups excluding carboxylic acids is 1. The van der Waals surface area contributed by atoms with Gasteiger partial charge in [-0.05, 0) is 17.7 Å². The molecule has 4 rings (SSSR count). The van der Waals surface area contributed by atoms with Crippen LogP contribution < -0.4 is 4.74 Å². The number of aromatic hydroxyl groups is 3. The first-order valence-electron chi connectivity index (χ1n) is 9.61. The second kappa shape index (κ2) is 7.98. The van der Waals surface area contributed by atoms with Crippen molar-refractivity contribution in [1.82, 2.24) is 0 Å². The largest absolute Gasteiger partial charge is 0.508 e. The normalized spacial score (nSPS) is 30.5. The van der Waals surface area contributed by atoms with Crippen LogP contribution in [-0.2, 0) is 4.74 Å². The Morgan fingerprint density at radius 1 is 0.935 bits per heavy atom. The first kappa shape index (κ1) is 21.3. The summed E-state index contributed by atoms with van der Waals surface area (Å²) < 4.78 is 11.5. The Balaban J connectivity index is 1.81. The highest BCUT2D eigenvalue weighted by atomic mass is 16.5. The third kappa shape index (κ3) is 3.58. The van der Waals surface area contributed by atoms with E-state index in [1.54, 1.807) is 12.1 Å². The minimum atomic E-state index is -1.73. The van der Waals surface area contributed by atoms with Gasteiger partial charge in [0.25, 0.3) is 0 Å². The molecule has 2 aliphatic heterocycles. The van der Waals surface area contributed by atoms with Gasteiger partial charge in [0.15, 0.2) is 5.78 Å². The summed E-state index contributed by atoms with van der Waals surface area (Å²) in [5.74, 6) is -1.82. The molecule has 0 saturated carbocycles. The number of phenolic OH excluding ortho intramolecular Hbond substituents is 3. The van der Waals surface area contributed by atoms with Crippen molar-refractivity contribution in [2.75, 3.05) is 6.61 Å². The van der Waals surface area contributed by atoms with Crippen LogP contribution in [0, 0.1) is 0 Å². The molecule has 166 valence electrons. The van der Waals surface area contributed by atoms with Crippen LogP contribution >= 0.6 is 0 Å². The SMILES string of the molecule is O=C1CC(c2ccc(O)cc2)Oc2c1c(O)cc(O)c2C1OC(CO)C(O)C(O)C1O. The summed E-state index contributed by atoms with van der Waals surface area (Å²) in [5.41, 5.74) is 0.112. The van der Waals surface area contributed by atoms with Gasteiger partial charge in [0.2, 0.25) is 0 Å². The summed E-state index contributed by atoms with van der Waals surface area (Å²) in [5, 5.41) is 70.4. The van der Waals surface area contributed by atoms with E-state index >= 15 is 0 Å². The van der Waals surface area contributed by atoms with E-state index in [4.69, 9.17) is 9.47 Å². The Bertz CT molecular complexity index is 987. The number of carbonyl (C=O) groups is 1. The lowest BCUT2D eigenvalue weighted by Gasteiger charge is -2.41. The average Bonchev–Trinajstić information content (AvgIpc) is 2.73. The van der Waals surface area contributed by atoms with Crippen molar-refractivity contribution in [3.63, 3.8) is 0 Å². The van der Waals surface area contributed by atoms with E-state index in [0.29, 0.717) is 5.56 Å². The summed E-state index contributed by atoms with van der Waals surface area (Å²) in [6, 6.07) is 6.83. The van der Waals surface area contributed by atoms with E-state index in [2.05, 4.69) is 0 Å². The summed E-state index contributed by atoms with van der Waals surface area (Å²) >= 11 is 0. The zero-order chi connectivity index (χ0) is 22.4. The molecule has 6 atom stereocenters. The van der Waals surface area contributed by atoms with E-state index < -0.39 is 60.5 Å². The number of aliphatic hydroxyl groups excluding tert-OH is 4. The summed E-state index contributed by atoms with van der Waals surface area (Å²) in [6.45, 7) is -0.682. The number of hydrogen-bond acceptors (Lipinski definition) is 10. The fourth-order valence-corrected chi connectivity index (χ4v) is 3.98. The lowest BCUT2D eigenvalue weighted by atomic mass is 9.87. The Hall–Kier alpha value is -2.89. The Labute approximate surface area is 176 Å². The van der Waals surface area contributed by atoms with Gasteiger partial charge in [-0.3, -0.25) is 4.79 Å². The third-order valence-corrected chi connectivity index (χ3v) is 5.63. The second-order valence-electron chi connectivity index (χ2n) is 7.61. The highest BCUT2D eigenvalue weighted by Gasteiger charge is 2.47. The van der Waals surface area contributed by atoms with E-state index in [1.165, 1.54) is 12.1 Å². The molecule has 6 unspecified atom stereocenters. The van der Waals surface area contributed by atoms with E-state index in [0.717, 1.165) is 6.07 Å². The van der Waals surface area contributed by atoms with Crippen LogP contribution in [0.1, 0.15) is 40.1 Å². The van der Waals surface area contributed by atoms with Crippen LogP contribution in [0.3, 0.4) is 0 Å². The first-order valence-corrected chi connectivity index (χ1v) is 9.61. The molecule has 10 heteroatoms. The molecule has 0 radical (unpaired) electrons. The molecule has 10 nitrogen and oxygen atoms in total. The molecular weight excluding hydrogens is 412 g/mol. The van der Waals surface area contributed by atoms with E-state index in [9.17, 15) is 40.5 Å². The topological polar surface area (TPSA) is 177 Å². The number of hydrogen-bond donors (Lipinski definition) is 7. The van der Waals surface area contributed by atoms with Gasteiger partial charge >= 0.3 is 0 Å². The Morgan fingerprint density at radius 3 is 2.26 bits per heavy atom. The van der Waals surface area contributed by atoms with Crippen LogP contribution in [0.15, 0.2) is 30.3 Å². The van der Waals surface area contributed by atoms with Crippen molar-refractivity contribution >= 4 is 5.78 Å². The van der Waals surface area contributed by atoms with Gasteiger partial charge in [0, 0.05) is 6.07 Å². The van der Waals surface area contributed by atoms with Crippen LogP contribution in [-0.4, -0.2) is 72.6 Å². The number of ether oxygens (including phenoxy) is 2. The number of Topliss-reactive ketones (excluding diaryl/α,β-unsaturated/α-hetero) is 1. The van der Waals surface area contributed by atoms with Crippen molar-refractivity contribution in [3.8, 4) is 23.0 Å². The number of benzene rings is 2. The smallest absolute Gasteiger partial charge is 0.174 e. The fourth-order valence-electron chi connectivity index (χ4n) is 3.98. The molecule has 0 spiro atoms. The van der Waals surface area contributed by atoms with Crippen molar-refractivity contribution < 1.29 is 50.0 Å². The highest BCUT2D eigenvalue weighted by molar-refractivity contribution is 6.03.